The maximum absolute atomic E-state index is 11.8. The first-order valence-electron chi connectivity index (χ1n) is 6.22. The molecule has 1 heterocycles. The Morgan fingerprint density at radius 2 is 2.24 bits per heavy atom. The molecule has 0 fully saturated rings. The molecule has 1 aromatic carbocycles. The number of benzene rings is 1. The molecule has 4 nitrogen and oxygen atoms in total. The zero-order valence-corrected chi connectivity index (χ0v) is 12.6. The third kappa shape index (κ3) is 5.10. The van der Waals surface area contributed by atoms with E-state index in [9.17, 15) is 4.79 Å². The average molecular weight is 318 g/mol. The monoisotopic (exact) mass is 317 g/mol. The molecule has 0 bridgehead atoms. The van der Waals surface area contributed by atoms with Crippen LogP contribution in [-0.4, -0.2) is 16.6 Å². The van der Waals surface area contributed by atoms with Crippen molar-refractivity contribution in [2.24, 2.45) is 0 Å². The number of hydrogen-bond acceptors (Lipinski definition) is 4. The number of rotatable bonds is 5. The van der Waals surface area contributed by atoms with Crippen LogP contribution in [0.1, 0.15) is 12.0 Å². The first-order chi connectivity index (χ1) is 10.2. The Bertz CT molecular complexity index is 667. The van der Waals surface area contributed by atoms with Gasteiger partial charge < -0.3 is 5.32 Å². The van der Waals surface area contributed by atoms with Gasteiger partial charge in [-0.05, 0) is 30.3 Å². The van der Waals surface area contributed by atoms with Crippen LogP contribution in [0.4, 0.5) is 5.69 Å². The molecule has 2 rings (SSSR count). The molecule has 21 heavy (non-hydrogen) atoms. The summed E-state index contributed by atoms with van der Waals surface area (Å²) < 4.78 is 0. The Hall–Kier alpha value is -2.03. The normalized spacial score (nSPS) is 9.90. The van der Waals surface area contributed by atoms with Crippen molar-refractivity contribution in [3.05, 3.63) is 53.2 Å². The molecule has 0 radical (unpaired) electrons. The lowest BCUT2D eigenvalue weighted by Crippen LogP contribution is -2.12. The van der Waals surface area contributed by atoms with E-state index in [0.29, 0.717) is 28.4 Å². The molecule has 1 N–H and O–H groups in total. The summed E-state index contributed by atoms with van der Waals surface area (Å²) in [6.07, 6.45) is 1.95. The highest BCUT2D eigenvalue weighted by Crippen LogP contribution is 2.18. The molecule has 0 saturated heterocycles. The van der Waals surface area contributed by atoms with Gasteiger partial charge in [0.1, 0.15) is 0 Å². The number of anilines is 1. The molecule has 0 saturated carbocycles. The molecule has 0 aliphatic carbocycles. The number of amides is 1. The number of halogens is 1. The van der Waals surface area contributed by atoms with Gasteiger partial charge in [0.25, 0.3) is 0 Å². The van der Waals surface area contributed by atoms with E-state index in [1.807, 2.05) is 12.1 Å². The Morgan fingerprint density at radius 3 is 2.95 bits per heavy atom. The van der Waals surface area contributed by atoms with E-state index in [-0.39, 0.29) is 5.91 Å². The van der Waals surface area contributed by atoms with Gasteiger partial charge in [-0.1, -0.05) is 17.7 Å². The Morgan fingerprint density at radius 1 is 1.38 bits per heavy atom. The van der Waals surface area contributed by atoms with Crippen molar-refractivity contribution in [1.29, 1.82) is 5.26 Å². The number of nitrogens with one attached hydrogen (secondary N) is 1. The minimum absolute atomic E-state index is 0.0912. The highest BCUT2D eigenvalue weighted by Gasteiger charge is 2.04. The predicted octanol–water partition coefficient (Wildman–Crippen LogP) is 3.73. The fourth-order valence-electron chi connectivity index (χ4n) is 1.59. The molecule has 0 atom stereocenters. The molecular weight excluding hydrogens is 306 g/mol. The zero-order chi connectivity index (χ0) is 15.1. The third-order valence-electron chi connectivity index (χ3n) is 2.55. The maximum Gasteiger partial charge on any atom is 0.225 e. The van der Waals surface area contributed by atoms with E-state index in [4.69, 9.17) is 16.9 Å². The summed E-state index contributed by atoms with van der Waals surface area (Å²) in [6.45, 7) is 0. The molecule has 6 heteroatoms. The summed E-state index contributed by atoms with van der Waals surface area (Å²) in [5, 5.41) is 13.0. The van der Waals surface area contributed by atoms with Crippen LogP contribution in [0, 0.1) is 11.3 Å². The lowest BCUT2D eigenvalue weighted by atomic mass is 10.2. The van der Waals surface area contributed by atoms with Gasteiger partial charge >= 0.3 is 0 Å². The van der Waals surface area contributed by atoms with Crippen LogP contribution in [0.5, 0.6) is 0 Å². The molecule has 1 amide bonds. The Kier molecular flexibility index (Phi) is 5.61. The van der Waals surface area contributed by atoms with Crippen molar-refractivity contribution in [2.75, 3.05) is 11.1 Å². The van der Waals surface area contributed by atoms with Crippen LogP contribution in [-0.2, 0) is 4.79 Å². The van der Waals surface area contributed by atoms with Crippen molar-refractivity contribution in [2.45, 2.75) is 11.4 Å². The maximum atomic E-state index is 11.8. The van der Waals surface area contributed by atoms with Gasteiger partial charge in [-0.3, -0.25) is 4.79 Å². The minimum Gasteiger partial charge on any atom is -0.326 e. The molecule has 106 valence electrons. The van der Waals surface area contributed by atoms with E-state index < -0.39 is 0 Å². The first-order valence-corrected chi connectivity index (χ1v) is 7.58. The second kappa shape index (κ2) is 7.67. The number of aromatic nitrogens is 1. The van der Waals surface area contributed by atoms with Gasteiger partial charge in [0, 0.05) is 24.1 Å². The van der Waals surface area contributed by atoms with Crippen LogP contribution in [0.15, 0.2) is 47.6 Å². The fourth-order valence-corrected chi connectivity index (χ4v) is 2.49. The van der Waals surface area contributed by atoms with Gasteiger partial charge in [-0.2, -0.15) is 5.26 Å². The largest absolute Gasteiger partial charge is 0.326 e. The van der Waals surface area contributed by atoms with Crippen LogP contribution < -0.4 is 5.32 Å². The quantitative estimate of drug-likeness (QED) is 0.853. The summed E-state index contributed by atoms with van der Waals surface area (Å²) in [5.41, 5.74) is 1.15. The summed E-state index contributed by atoms with van der Waals surface area (Å²) in [6, 6.07) is 12.5. The molecule has 0 aliphatic rings. The van der Waals surface area contributed by atoms with Crippen molar-refractivity contribution in [1.82, 2.24) is 4.98 Å². The topological polar surface area (TPSA) is 65.8 Å². The third-order valence-corrected chi connectivity index (χ3v) is 3.72. The molecule has 2 aromatic rings. The molecule has 0 unspecified atom stereocenters. The first kappa shape index (κ1) is 15.4. The van der Waals surface area contributed by atoms with Crippen LogP contribution in [0.25, 0.3) is 0 Å². The number of hydrogen-bond donors (Lipinski definition) is 1. The Labute approximate surface area is 132 Å². The van der Waals surface area contributed by atoms with E-state index in [1.165, 1.54) is 11.8 Å². The standard InChI is InChI=1S/C15H12ClN3OS/c16-12-4-5-15(18-10-12)21-7-6-14(20)19-13-3-1-2-11(8-13)9-17/h1-5,8,10H,6-7H2,(H,19,20). The summed E-state index contributed by atoms with van der Waals surface area (Å²) >= 11 is 7.25. The van der Waals surface area contributed by atoms with Gasteiger partial charge in [0.15, 0.2) is 0 Å². The van der Waals surface area contributed by atoms with Gasteiger partial charge in [-0.25, -0.2) is 4.98 Å². The second-order valence-electron chi connectivity index (χ2n) is 4.15. The van der Waals surface area contributed by atoms with Crippen molar-refractivity contribution >= 4 is 35.0 Å². The summed E-state index contributed by atoms with van der Waals surface area (Å²) in [4.78, 5) is 16.0. The number of nitrogens with zero attached hydrogens (tertiary/aromatic N) is 2. The molecule has 1 aromatic heterocycles. The predicted molar refractivity (Wildman–Crippen MR) is 84.4 cm³/mol. The lowest BCUT2D eigenvalue weighted by Gasteiger charge is -2.05. The zero-order valence-electron chi connectivity index (χ0n) is 11.0. The van der Waals surface area contributed by atoms with Crippen molar-refractivity contribution < 1.29 is 4.79 Å². The summed E-state index contributed by atoms with van der Waals surface area (Å²) in [5.74, 6) is 0.532. The lowest BCUT2D eigenvalue weighted by molar-refractivity contribution is -0.115. The number of carbonyl (C=O) groups is 1. The fraction of sp³-hybridized carbons (Fsp3) is 0.133. The van der Waals surface area contributed by atoms with Crippen molar-refractivity contribution in [3.63, 3.8) is 0 Å². The van der Waals surface area contributed by atoms with Crippen LogP contribution >= 0.6 is 23.4 Å². The highest BCUT2D eigenvalue weighted by molar-refractivity contribution is 7.99. The van der Waals surface area contributed by atoms with Crippen LogP contribution in [0.3, 0.4) is 0 Å². The van der Waals surface area contributed by atoms with E-state index in [2.05, 4.69) is 10.3 Å². The van der Waals surface area contributed by atoms with E-state index >= 15 is 0 Å². The van der Waals surface area contributed by atoms with Gasteiger partial charge in [-0.15, -0.1) is 11.8 Å². The van der Waals surface area contributed by atoms with Gasteiger partial charge in [0.05, 0.1) is 21.7 Å². The number of carbonyl (C=O) groups excluding carboxylic acids is 1. The molecular formula is C15H12ClN3OS. The van der Waals surface area contributed by atoms with Gasteiger partial charge in [0.2, 0.25) is 5.91 Å². The van der Waals surface area contributed by atoms with Crippen molar-refractivity contribution in [3.8, 4) is 6.07 Å². The Balaban J connectivity index is 1.79. The molecule has 0 spiro atoms. The minimum atomic E-state index is -0.0912. The van der Waals surface area contributed by atoms with E-state index in [1.54, 1.807) is 36.5 Å². The van der Waals surface area contributed by atoms with Crippen LogP contribution in [0.2, 0.25) is 5.02 Å². The highest BCUT2D eigenvalue weighted by atomic mass is 35.5. The average Bonchev–Trinajstić information content (AvgIpc) is 2.49. The molecule has 0 aliphatic heterocycles. The SMILES string of the molecule is N#Cc1cccc(NC(=O)CCSc2ccc(Cl)cn2)c1. The number of thioether (sulfide) groups is 1. The summed E-state index contributed by atoms with van der Waals surface area (Å²) in [7, 11) is 0. The number of nitriles is 1. The number of pyridine rings is 1. The smallest absolute Gasteiger partial charge is 0.225 e. The van der Waals surface area contributed by atoms with E-state index in [0.717, 1.165) is 5.03 Å². The second-order valence-corrected chi connectivity index (χ2v) is 5.71.